The average Bonchev–Trinajstić information content (AvgIpc) is 3.59. The van der Waals surface area contributed by atoms with Crippen LogP contribution in [0.25, 0.3) is 0 Å². The zero-order valence-corrected chi connectivity index (χ0v) is 22.4. The number of methoxy groups -OCH3 is 1. The van der Waals surface area contributed by atoms with Gasteiger partial charge in [-0.1, -0.05) is 12.1 Å². The lowest BCUT2D eigenvalue weighted by Crippen LogP contribution is -2.49. The number of ether oxygens (including phenoxy) is 1. The third-order valence-corrected chi connectivity index (χ3v) is 6.50. The van der Waals surface area contributed by atoms with Crippen LogP contribution in [0.1, 0.15) is 27.7 Å². The largest absolute Gasteiger partial charge is 0.497 e. The van der Waals surface area contributed by atoms with Crippen molar-refractivity contribution in [2.75, 3.05) is 20.2 Å². The highest BCUT2D eigenvalue weighted by molar-refractivity contribution is 5.94. The van der Waals surface area contributed by atoms with E-state index in [1.807, 2.05) is 59.9 Å². The zero-order valence-electron chi connectivity index (χ0n) is 22.4. The minimum absolute atomic E-state index is 0.109. The molecule has 232 valence electrons. The highest BCUT2D eigenvalue weighted by atomic mass is 19.4. The van der Waals surface area contributed by atoms with Gasteiger partial charge in [-0.05, 0) is 47.5 Å². The summed E-state index contributed by atoms with van der Waals surface area (Å²) in [5.41, 5.74) is 3.15. The van der Waals surface area contributed by atoms with E-state index in [2.05, 4.69) is 26.6 Å². The predicted molar refractivity (Wildman–Crippen MR) is 137 cm³/mol. The maximum absolute atomic E-state index is 13.3. The molecule has 2 aromatic heterocycles. The van der Waals surface area contributed by atoms with E-state index in [1.165, 1.54) is 5.56 Å². The van der Waals surface area contributed by atoms with Gasteiger partial charge in [-0.15, -0.1) is 0 Å². The lowest BCUT2D eigenvalue weighted by molar-refractivity contribution is -0.193. The van der Waals surface area contributed by atoms with Crippen LogP contribution >= 0.6 is 0 Å². The Kier molecular flexibility index (Phi) is 10.4. The van der Waals surface area contributed by atoms with Crippen molar-refractivity contribution in [3.8, 4) is 5.75 Å². The summed E-state index contributed by atoms with van der Waals surface area (Å²) in [6, 6.07) is 16.5. The number of aliphatic carboxylic acids is 2. The number of rotatable bonds is 5. The SMILES string of the molecule is COc1ccc(CN2C(=O)c3cccn3C3CN(Cc4ccncc4)CC32)cc1.O=C(O)C(F)(F)F.O=C(O)C(F)(F)F. The molecular weight excluding hydrogens is 590 g/mol. The number of hydrogen-bond acceptors (Lipinski definition) is 6. The summed E-state index contributed by atoms with van der Waals surface area (Å²) >= 11 is 0. The summed E-state index contributed by atoms with van der Waals surface area (Å²) in [6.45, 7) is 3.28. The highest BCUT2D eigenvalue weighted by Gasteiger charge is 2.45. The molecule has 0 radical (unpaired) electrons. The summed E-state index contributed by atoms with van der Waals surface area (Å²) in [7, 11) is 1.66. The molecular formula is C27H26F6N4O6. The second-order valence-electron chi connectivity index (χ2n) is 9.37. The number of nitrogens with zero attached hydrogens (tertiary/aromatic N) is 4. The van der Waals surface area contributed by atoms with Crippen LogP contribution in [0, 0.1) is 0 Å². The molecule has 5 rings (SSSR count). The van der Waals surface area contributed by atoms with E-state index in [0.717, 1.165) is 36.6 Å². The number of amides is 1. The molecule has 0 spiro atoms. The van der Waals surface area contributed by atoms with Gasteiger partial charge in [0.15, 0.2) is 0 Å². The summed E-state index contributed by atoms with van der Waals surface area (Å²) in [4.78, 5) is 39.7. The molecule has 2 aliphatic heterocycles. The number of alkyl halides is 6. The van der Waals surface area contributed by atoms with Crippen molar-refractivity contribution in [1.82, 2.24) is 19.4 Å². The summed E-state index contributed by atoms with van der Waals surface area (Å²) < 4.78 is 70.9. The fourth-order valence-corrected chi connectivity index (χ4v) is 4.58. The van der Waals surface area contributed by atoms with Crippen LogP contribution in [0.4, 0.5) is 26.3 Å². The maximum Gasteiger partial charge on any atom is 0.490 e. The first-order valence-electron chi connectivity index (χ1n) is 12.4. The molecule has 2 unspecified atom stereocenters. The van der Waals surface area contributed by atoms with Crippen LogP contribution in [-0.4, -0.2) is 86.0 Å². The third-order valence-electron chi connectivity index (χ3n) is 6.50. The van der Waals surface area contributed by atoms with Gasteiger partial charge in [-0.25, -0.2) is 9.59 Å². The number of likely N-dealkylation sites (tertiary alicyclic amines) is 1. The molecule has 43 heavy (non-hydrogen) atoms. The Morgan fingerprint density at radius 3 is 1.88 bits per heavy atom. The van der Waals surface area contributed by atoms with Crippen molar-refractivity contribution < 1.29 is 55.7 Å². The number of hydrogen-bond donors (Lipinski definition) is 2. The van der Waals surface area contributed by atoms with Crippen LogP contribution in [-0.2, 0) is 22.7 Å². The summed E-state index contributed by atoms with van der Waals surface area (Å²) in [6.07, 6.45) is -4.45. The quantitative estimate of drug-likeness (QED) is 0.408. The fourth-order valence-electron chi connectivity index (χ4n) is 4.58. The monoisotopic (exact) mass is 616 g/mol. The first-order valence-corrected chi connectivity index (χ1v) is 12.4. The standard InChI is InChI=1S/C23H24N4O2.2C2HF3O2/c1-29-19-6-4-17(5-7-19)14-27-22-16-25(13-18-8-10-24-11-9-18)15-21(22)26-12-2-3-20(26)23(27)28;2*3-2(4,5)1(6)7/h2-12,21-22H,13-16H2,1H3;2*(H,6,7). The fraction of sp³-hybridized carbons (Fsp3) is 0.333. The van der Waals surface area contributed by atoms with Gasteiger partial charge in [0.1, 0.15) is 11.4 Å². The van der Waals surface area contributed by atoms with Crippen LogP contribution in [0.5, 0.6) is 5.75 Å². The first-order chi connectivity index (χ1) is 20.1. The van der Waals surface area contributed by atoms with E-state index in [0.29, 0.717) is 6.54 Å². The van der Waals surface area contributed by atoms with Crippen molar-refractivity contribution in [3.05, 3.63) is 83.9 Å². The minimum Gasteiger partial charge on any atom is -0.497 e. The van der Waals surface area contributed by atoms with E-state index in [1.54, 1.807) is 7.11 Å². The van der Waals surface area contributed by atoms with E-state index in [9.17, 15) is 31.1 Å². The number of carboxylic acids is 2. The van der Waals surface area contributed by atoms with Crippen molar-refractivity contribution >= 4 is 17.8 Å². The minimum atomic E-state index is -5.08. The lowest BCUT2D eigenvalue weighted by Gasteiger charge is -2.38. The maximum atomic E-state index is 13.3. The number of aromatic nitrogens is 2. The van der Waals surface area contributed by atoms with E-state index in [-0.39, 0.29) is 18.0 Å². The smallest absolute Gasteiger partial charge is 0.490 e. The Hall–Kier alpha value is -4.60. The number of fused-ring (bicyclic) bond motifs is 3. The van der Waals surface area contributed by atoms with Gasteiger partial charge in [0.2, 0.25) is 0 Å². The van der Waals surface area contributed by atoms with Crippen LogP contribution in [0.15, 0.2) is 67.1 Å². The Labute approximate surface area is 240 Å². The molecule has 0 aliphatic carbocycles. The second kappa shape index (κ2) is 13.6. The molecule has 0 bridgehead atoms. The summed E-state index contributed by atoms with van der Waals surface area (Å²) in [5, 5.41) is 14.2. The molecule has 0 saturated carbocycles. The average molecular weight is 617 g/mol. The molecule has 1 saturated heterocycles. The molecule has 2 N–H and O–H groups in total. The topological polar surface area (TPSA) is 125 Å². The van der Waals surface area contributed by atoms with Gasteiger partial charge in [0, 0.05) is 44.8 Å². The van der Waals surface area contributed by atoms with Gasteiger partial charge < -0.3 is 24.4 Å². The zero-order chi connectivity index (χ0) is 31.9. The molecule has 2 aliphatic rings. The van der Waals surface area contributed by atoms with Crippen LogP contribution < -0.4 is 4.74 Å². The number of carbonyl (C=O) groups excluding carboxylic acids is 1. The van der Waals surface area contributed by atoms with E-state index >= 15 is 0 Å². The van der Waals surface area contributed by atoms with Crippen molar-refractivity contribution in [2.24, 2.45) is 0 Å². The Morgan fingerprint density at radius 2 is 1.37 bits per heavy atom. The van der Waals surface area contributed by atoms with Gasteiger partial charge in [0.05, 0.1) is 19.2 Å². The number of benzene rings is 1. The normalized spacial score (nSPS) is 17.9. The van der Waals surface area contributed by atoms with Gasteiger partial charge in [-0.2, -0.15) is 26.3 Å². The predicted octanol–water partition coefficient (Wildman–Crippen LogP) is 4.24. The summed E-state index contributed by atoms with van der Waals surface area (Å²) in [5.74, 6) is -4.58. The van der Waals surface area contributed by atoms with Crippen molar-refractivity contribution in [1.29, 1.82) is 0 Å². The Balaban J connectivity index is 0.000000303. The molecule has 10 nitrogen and oxygen atoms in total. The molecule has 1 aromatic carbocycles. The number of halogens is 6. The third kappa shape index (κ3) is 8.70. The number of carbonyl (C=O) groups is 3. The van der Waals surface area contributed by atoms with E-state index in [4.69, 9.17) is 24.5 Å². The van der Waals surface area contributed by atoms with Crippen LogP contribution in [0.2, 0.25) is 0 Å². The van der Waals surface area contributed by atoms with Gasteiger partial charge in [-0.3, -0.25) is 14.7 Å². The van der Waals surface area contributed by atoms with Crippen molar-refractivity contribution in [2.45, 2.75) is 37.5 Å². The lowest BCUT2D eigenvalue weighted by atomic mass is 10.0. The number of carboxylic acid groups (broad SMARTS) is 2. The molecule has 1 fully saturated rings. The second-order valence-corrected chi connectivity index (χ2v) is 9.37. The highest BCUT2D eigenvalue weighted by Crippen LogP contribution is 2.35. The van der Waals surface area contributed by atoms with Gasteiger partial charge >= 0.3 is 24.3 Å². The number of pyridine rings is 1. The van der Waals surface area contributed by atoms with Gasteiger partial charge in [0.25, 0.3) is 5.91 Å². The molecule has 1 amide bonds. The molecule has 2 atom stereocenters. The van der Waals surface area contributed by atoms with Crippen LogP contribution in [0.3, 0.4) is 0 Å². The molecule has 16 heteroatoms. The Morgan fingerprint density at radius 1 is 0.860 bits per heavy atom. The molecule has 4 heterocycles. The first kappa shape index (κ1) is 32.9. The Bertz CT molecular complexity index is 1370. The van der Waals surface area contributed by atoms with Crippen molar-refractivity contribution in [3.63, 3.8) is 0 Å². The molecule has 3 aromatic rings. The van der Waals surface area contributed by atoms with E-state index < -0.39 is 24.3 Å².